The van der Waals surface area contributed by atoms with E-state index in [-0.39, 0.29) is 42.2 Å². The van der Waals surface area contributed by atoms with Crippen molar-refractivity contribution in [3.05, 3.63) is 29.8 Å². The normalized spacial score (nSPS) is 30.3. The Morgan fingerprint density at radius 3 is 2.00 bits per heavy atom. The molecule has 0 radical (unpaired) electrons. The van der Waals surface area contributed by atoms with E-state index >= 15 is 0 Å². The minimum atomic E-state index is -0.890. The number of benzene rings is 1. The van der Waals surface area contributed by atoms with E-state index in [0.29, 0.717) is 18.6 Å². The molecule has 2 fully saturated rings. The summed E-state index contributed by atoms with van der Waals surface area (Å²) in [6, 6.07) is 7.58. The van der Waals surface area contributed by atoms with E-state index < -0.39 is 28.3 Å². The van der Waals surface area contributed by atoms with Crippen molar-refractivity contribution in [3.8, 4) is 5.75 Å². The molecular weight excluding hydrogens is 460 g/mol. The van der Waals surface area contributed by atoms with Crippen LogP contribution in [0.4, 0.5) is 0 Å². The highest BCUT2D eigenvalue weighted by Gasteiger charge is 2.60. The van der Waals surface area contributed by atoms with Crippen molar-refractivity contribution < 1.29 is 33.7 Å². The van der Waals surface area contributed by atoms with E-state index in [0.717, 1.165) is 12.0 Å². The molecule has 7 heteroatoms. The largest absolute Gasteiger partial charge is 0.497 e. The summed E-state index contributed by atoms with van der Waals surface area (Å²) in [6.45, 7) is 13.0. The van der Waals surface area contributed by atoms with Crippen molar-refractivity contribution in [2.24, 2.45) is 28.1 Å². The number of carbonyl (C=O) groups is 3. The number of carboxylic acids is 1. The first kappa shape index (κ1) is 28.0. The third-order valence-electron chi connectivity index (χ3n) is 7.99. The topological polar surface area (TPSA) is 99.1 Å². The van der Waals surface area contributed by atoms with Crippen LogP contribution in [-0.2, 0) is 23.9 Å². The van der Waals surface area contributed by atoms with Gasteiger partial charge in [-0.05, 0) is 90.3 Å². The molecule has 200 valence electrons. The predicted molar refractivity (Wildman–Crippen MR) is 136 cm³/mol. The quantitative estimate of drug-likeness (QED) is 0.505. The molecule has 0 saturated heterocycles. The summed E-state index contributed by atoms with van der Waals surface area (Å²) in [7, 11) is 1.60. The minimum absolute atomic E-state index is 0.00283. The van der Waals surface area contributed by atoms with Gasteiger partial charge in [-0.25, -0.2) is 0 Å². The Morgan fingerprint density at radius 1 is 0.944 bits per heavy atom. The second-order valence-electron chi connectivity index (χ2n) is 12.8. The number of methoxy groups -OCH3 is 1. The first-order valence-corrected chi connectivity index (χ1v) is 12.9. The lowest BCUT2D eigenvalue weighted by Crippen LogP contribution is -2.52. The molecule has 6 atom stereocenters. The smallest absolute Gasteiger partial charge is 0.311 e. The van der Waals surface area contributed by atoms with Crippen molar-refractivity contribution in [2.45, 2.75) is 92.3 Å². The summed E-state index contributed by atoms with van der Waals surface area (Å²) in [5.74, 6) is -1.37. The van der Waals surface area contributed by atoms with Gasteiger partial charge in [0.2, 0.25) is 0 Å². The molecule has 36 heavy (non-hydrogen) atoms. The molecule has 0 aliphatic heterocycles. The lowest BCUT2D eigenvalue weighted by atomic mass is 9.56. The molecule has 3 rings (SSSR count). The van der Waals surface area contributed by atoms with Gasteiger partial charge in [-0.1, -0.05) is 19.1 Å². The van der Waals surface area contributed by atoms with E-state index in [4.69, 9.17) is 14.2 Å². The van der Waals surface area contributed by atoms with E-state index in [9.17, 15) is 19.5 Å². The Balaban J connectivity index is 2.07. The van der Waals surface area contributed by atoms with Crippen molar-refractivity contribution >= 4 is 17.9 Å². The second kappa shape index (κ2) is 10.1. The Morgan fingerprint density at radius 2 is 1.50 bits per heavy atom. The number of aliphatic carboxylic acids is 1. The van der Waals surface area contributed by atoms with Gasteiger partial charge in [0.25, 0.3) is 0 Å². The van der Waals surface area contributed by atoms with E-state index in [1.54, 1.807) is 7.11 Å². The highest BCUT2D eigenvalue weighted by atomic mass is 16.6. The molecule has 0 amide bonds. The van der Waals surface area contributed by atoms with Gasteiger partial charge in [-0.3, -0.25) is 14.4 Å². The van der Waals surface area contributed by atoms with Crippen molar-refractivity contribution in [1.29, 1.82) is 0 Å². The van der Waals surface area contributed by atoms with Crippen LogP contribution in [0.3, 0.4) is 0 Å². The highest BCUT2D eigenvalue weighted by molar-refractivity contribution is 5.76. The first-order valence-electron chi connectivity index (χ1n) is 12.9. The van der Waals surface area contributed by atoms with Crippen LogP contribution in [0, 0.1) is 28.1 Å². The number of esters is 2. The number of fused-ring (bicyclic) bond motifs is 1. The zero-order valence-corrected chi connectivity index (χ0v) is 22.9. The summed E-state index contributed by atoms with van der Waals surface area (Å²) < 4.78 is 17.6. The van der Waals surface area contributed by atoms with Crippen molar-refractivity contribution in [2.75, 3.05) is 7.11 Å². The van der Waals surface area contributed by atoms with Crippen molar-refractivity contribution in [3.63, 3.8) is 0 Å². The Kier molecular flexibility index (Phi) is 7.83. The van der Waals surface area contributed by atoms with Crippen LogP contribution in [-0.4, -0.2) is 42.3 Å². The molecule has 2 saturated carbocycles. The zero-order valence-electron chi connectivity index (χ0n) is 22.9. The number of carbonyl (C=O) groups excluding carboxylic acids is 2. The summed E-state index contributed by atoms with van der Waals surface area (Å²) >= 11 is 0. The van der Waals surface area contributed by atoms with E-state index in [1.807, 2.05) is 65.8 Å². The molecule has 1 aromatic rings. The van der Waals surface area contributed by atoms with Gasteiger partial charge in [-0.15, -0.1) is 0 Å². The summed E-state index contributed by atoms with van der Waals surface area (Å²) in [5.41, 5.74) is -0.941. The molecule has 0 bridgehead atoms. The molecule has 0 spiro atoms. The predicted octanol–water partition coefficient (Wildman–Crippen LogP) is 5.61. The maximum atomic E-state index is 13.1. The average molecular weight is 503 g/mol. The average Bonchev–Trinajstić information content (AvgIpc) is 3.08. The maximum Gasteiger partial charge on any atom is 0.311 e. The SMILES string of the molecule is COc1ccc([C@@H]2[C@@H](CC(=O)O)[C@@H]3CC[C@H](OC(=O)C(C)(C)C)[C@@]3(C)C[C@H]2OC(=O)C(C)(C)C)cc1. The third-order valence-corrected chi connectivity index (χ3v) is 7.99. The minimum Gasteiger partial charge on any atom is -0.497 e. The van der Waals surface area contributed by atoms with E-state index in [1.165, 1.54) is 0 Å². The molecule has 0 aromatic heterocycles. The van der Waals surface area contributed by atoms with Gasteiger partial charge in [0, 0.05) is 17.8 Å². The van der Waals surface area contributed by atoms with Crippen molar-refractivity contribution in [1.82, 2.24) is 0 Å². The number of hydrogen-bond donors (Lipinski definition) is 1. The fourth-order valence-electron chi connectivity index (χ4n) is 5.99. The molecule has 7 nitrogen and oxygen atoms in total. The molecular formula is C29H42O7. The third kappa shape index (κ3) is 5.70. The Hall–Kier alpha value is -2.57. The summed E-state index contributed by atoms with van der Waals surface area (Å²) in [6.07, 6.45) is 0.939. The van der Waals surface area contributed by atoms with Crippen LogP contribution in [0.15, 0.2) is 24.3 Å². The fraction of sp³-hybridized carbons (Fsp3) is 0.690. The molecule has 1 N–H and O–H groups in total. The standard InChI is InChI=1S/C29H42O7/c1-27(2,3)25(32)35-21-16-29(7)20(13-14-22(29)36-26(33)28(4,5)6)19(15-23(30)31)24(21)17-9-11-18(34-8)12-10-17/h9-12,19-22,24H,13-16H2,1-8H3,(H,30,31)/t19-,20-,21+,22-,24+,29-/m0/s1. The number of carboxylic acid groups (broad SMARTS) is 1. The van der Waals surface area contributed by atoms with Gasteiger partial charge >= 0.3 is 17.9 Å². The van der Waals surface area contributed by atoms with E-state index in [2.05, 4.69) is 6.92 Å². The van der Waals surface area contributed by atoms with Gasteiger partial charge in [0.1, 0.15) is 18.0 Å². The van der Waals surface area contributed by atoms with Gasteiger partial charge < -0.3 is 19.3 Å². The van der Waals surface area contributed by atoms with Crippen LogP contribution in [0.25, 0.3) is 0 Å². The van der Waals surface area contributed by atoms with Gasteiger partial charge in [-0.2, -0.15) is 0 Å². The Bertz CT molecular complexity index is 969. The number of ether oxygens (including phenoxy) is 3. The monoisotopic (exact) mass is 502 g/mol. The first-order chi connectivity index (χ1) is 16.6. The molecule has 0 heterocycles. The van der Waals surface area contributed by atoms with Crippen LogP contribution >= 0.6 is 0 Å². The van der Waals surface area contributed by atoms with Gasteiger partial charge in [0.05, 0.1) is 17.9 Å². The summed E-state index contributed by atoms with van der Waals surface area (Å²) in [4.78, 5) is 38.0. The number of rotatable bonds is 6. The van der Waals surface area contributed by atoms with Crippen LogP contribution in [0.5, 0.6) is 5.75 Å². The van der Waals surface area contributed by atoms with Crippen LogP contribution < -0.4 is 4.74 Å². The number of hydrogen-bond acceptors (Lipinski definition) is 6. The lowest BCUT2D eigenvalue weighted by Gasteiger charge is -2.51. The highest BCUT2D eigenvalue weighted by Crippen LogP contribution is 2.61. The summed E-state index contributed by atoms with van der Waals surface area (Å²) in [5, 5.41) is 9.92. The molecule has 2 aliphatic carbocycles. The molecule has 1 aromatic carbocycles. The molecule has 0 unspecified atom stereocenters. The second-order valence-corrected chi connectivity index (χ2v) is 12.8. The molecule has 2 aliphatic rings. The lowest BCUT2D eigenvalue weighted by molar-refractivity contribution is -0.180. The van der Waals surface area contributed by atoms with Crippen LogP contribution in [0.1, 0.15) is 85.6 Å². The zero-order chi connectivity index (χ0) is 27.1. The van der Waals surface area contributed by atoms with Crippen LogP contribution in [0.2, 0.25) is 0 Å². The van der Waals surface area contributed by atoms with Gasteiger partial charge in [0.15, 0.2) is 0 Å². The maximum absolute atomic E-state index is 13.1. The fourth-order valence-corrected chi connectivity index (χ4v) is 5.99. The Labute approximate surface area is 214 Å².